The Kier molecular flexibility index (Phi) is 4.32. The Hall–Kier alpha value is -0.450. The molecule has 0 aliphatic heterocycles. The number of nitrogens with zero attached hydrogens (tertiary/aromatic N) is 1. The quantitative estimate of drug-likeness (QED) is 0.795. The van der Waals surface area contributed by atoms with Crippen LogP contribution in [0.5, 0.6) is 0 Å². The molecule has 1 aromatic rings. The number of hydrogen-bond donors (Lipinski definition) is 1. The SMILES string of the molecule is CCOC(C)CNCc1cnc(C2CC2)s1. The van der Waals surface area contributed by atoms with Crippen LogP contribution in [0.3, 0.4) is 0 Å². The van der Waals surface area contributed by atoms with Crippen molar-refractivity contribution in [1.29, 1.82) is 0 Å². The zero-order chi connectivity index (χ0) is 11.4. The molecule has 1 unspecified atom stereocenters. The maximum Gasteiger partial charge on any atom is 0.0959 e. The van der Waals surface area contributed by atoms with Crippen molar-refractivity contribution in [2.24, 2.45) is 0 Å². The second-order valence-electron chi connectivity index (χ2n) is 4.34. The lowest BCUT2D eigenvalue weighted by atomic mass is 10.4. The second kappa shape index (κ2) is 5.75. The van der Waals surface area contributed by atoms with Crippen molar-refractivity contribution >= 4 is 11.3 Å². The van der Waals surface area contributed by atoms with E-state index in [1.807, 2.05) is 24.5 Å². The third-order valence-electron chi connectivity index (χ3n) is 2.68. The minimum absolute atomic E-state index is 0.292. The van der Waals surface area contributed by atoms with E-state index in [0.717, 1.165) is 25.6 Å². The highest BCUT2D eigenvalue weighted by Crippen LogP contribution is 2.41. The molecule has 0 saturated heterocycles. The number of rotatable bonds is 7. The molecule has 16 heavy (non-hydrogen) atoms. The van der Waals surface area contributed by atoms with Gasteiger partial charge in [-0.1, -0.05) is 0 Å². The van der Waals surface area contributed by atoms with E-state index in [1.165, 1.54) is 22.7 Å². The van der Waals surface area contributed by atoms with Gasteiger partial charge < -0.3 is 10.1 Å². The third-order valence-corrected chi connectivity index (χ3v) is 3.84. The third kappa shape index (κ3) is 3.54. The second-order valence-corrected chi connectivity index (χ2v) is 5.48. The number of hydrogen-bond acceptors (Lipinski definition) is 4. The topological polar surface area (TPSA) is 34.1 Å². The summed E-state index contributed by atoms with van der Waals surface area (Å²) < 4.78 is 5.46. The van der Waals surface area contributed by atoms with Crippen molar-refractivity contribution < 1.29 is 4.74 Å². The fourth-order valence-corrected chi connectivity index (χ4v) is 2.72. The first-order valence-electron chi connectivity index (χ1n) is 6.06. The molecular formula is C12H20N2OS. The maximum absolute atomic E-state index is 5.46. The van der Waals surface area contributed by atoms with Crippen molar-refractivity contribution in [1.82, 2.24) is 10.3 Å². The van der Waals surface area contributed by atoms with Crippen LogP contribution in [0.15, 0.2) is 6.20 Å². The normalized spacial score (nSPS) is 17.6. The van der Waals surface area contributed by atoms with E-state index in [1.54, 1.807) is 0 Å². The van der Waals surface area contributed by atoms with E-state index in [0.29, 0.717) is 6.10 Å². The molecule has 0 aromatic carbocycles. The minimum Gasteiger partial charge on any atom is -0.377 e. The zero-order valence-corrected chi connectivity index (χ0v) is 10.8. The highest BCUT2D eigenvalue weighted by atomic mass is 32.1. The first-order chi connectivity index (χ1) is 7.79. The smallest absolute Gasteiger partial charge is 0.0959 e. The Labute approximate surface area is 101 Å². The molecule has 0 bridgehead atoms. The van der Waals surface area contributed by atoms with Crippen molar-refractivity contribution in [2.75, 3.05) is 13.2 Å². The summed E-state index contributed by atoms with van der Waals surface area (Å²) in [5.74, 6) is 0.779. The van der Waals surface area contributed by atoms with Crippen LogP contribution < -0.4 is 5.32 Å². The largest absolute Gasteiger partial charge is 0.377 e. The van der Waals surface area contributed by atoms with E-state index < -0.39 is 0 Å². The molecule has 1 fully saturated rings. The molecule has 4 heteroatoms. The van der Waals surface area contributed by atoms with Gasteiger partial charge in [0.05, 0.1) is 11.1 Å². The summed E-state index contributed by atoms with van der Waals surface area (Å²) in [6.07, 6.45) is 4.97. The highest BCUT2D eigenvalue weighted by Gasteiger charge is 2.26. The molecule has 0 radical (unpaired) electrons. The summed E-state index contributed by atoms with van der Waals surface area (Å²) in [7, 11) is 0. The molecule has 0 spiro atoms. The molecule has 1 aliphatic carbocycles. The Morgan fingerprint density at radius 3 is 3.12 bits per heavy atom. The molecule has 1 N–H and O–H groups in total. The van der Waals surface area contributed by atoms with Crippen molar-refractivity contribution in [2.45, 2.75) is 45.3 Å². The molecular weight excluding hydrogens is 220 g/mol. The first kappa shape index (κ1) is 12.0. The number of ether oxygens (including phenoxy) is 1. The molecule has 1 aromatic heterocycles. The maximum atomic E-state index is 5.46. The predicted octanol–water partition coefficient (Wildman–Crippen LogP) is 2.54. The molecule has 1 aliphatic rings. The number of nitrogens with one attached hydrogen (secondary N) is 1. The van der Waals surface area contributed by atoms with Crippen LogP contribution in [0, 0.1) is 0 Å². The van der Waals surface area contributed by atoms with Gasteiger partial charge in [0.25, 0.3) is 0 Å². The molecule has 0 amide bonds. The fourth-order valence-electron chi connectivity index (χ4n) is 1.67. The average Bonchev–Trinajstić information content (AvgIpc) is 3.00. The van der Waals surface area contributed by atoms with E-state index in [2.05, 4.69) is 17.2 Å². The molecule has 1 saturated carbocycles. The van der Waals surface area contributed by atoms with E-state index >= 15 is 0 Å². The van der Waals surface area contributed by atoms with Crippen LogP contribution in [0.1, 0.15) is 42.5 Å². The standard InChI is InChI=1S/C12H20N2OS/c1-3-15-9(2)6-13-7-11-8-14-12(16-11)10-4-5-10/h8-10,13H,3-7H2,1-2H3. The molecule has 1 heterocycles. The van der Waals surface area contributed by atoms with Crippen LogP contribution >= 0.6 is 11.3 Å². The summed E-state index contributed by atoms with van der Waals surface area (Å²) in [6.45, 7) is 6.74. The Balaban J connectivity index is 1.68. The van der Waals surface area contributed by atoms with Gasteiger partial charge in [-0.2, -0.15) is 0 Å². The molecule has 90 valence electrons. The van der Waals surface area contributed by atoms with Gasteiger partial charge in [0.15, 0.2) is 0 Å². The van der Waals surface area contributed by atoms with Crippen LogP contribution in [0.2, 0.25) is 0 Å². The zero-order valence-electron chi connectivity index (χ0n) is 10.0. The van der Waals surface area contributed by atoms with E-state index in [4.69, 9.17) is 4.74 Å². The van der Waals surface area contributed by atoms with Crippen molar-refractivity contribution in [3.05, 3.63) is 16.1 Å². The lowest BCUT2D eigenvalue weighted by molar-refractivity contribution is 0.0760. The van der Waals surface area contributed by atoms with Gasteiger partial charge in [0, 0.05) is 36.7 Å². The summed E-state index contributed by atoms with van der Waals surface area (Å²) >= 11 is 1.85. The highest BCUT2D eigenvalue weighted by molar-refractivity contribution is 7.11. The number of thiazole rings is 1. The number of aromatic nitrogens is 1. The summed E-state index contributed by atoms with van der Waals surface area (Å²) in [5.41, 5.74) is 0. The van der Waals surface area contributed by atoms with Crippen LogP contribution in [-0.4, -0.2) is 24.2 Å². The minimum atomic E-state index is 0.292. The van der Waals surface area contributed by atoms with Gasteiger partial charge in [-0.15, -0.1) is 11.3 Å². The monoisotopic (exact) mass is 240 g/mol. The lowest BCUT2D eigenvalue weighted by Crippen LogP contribution is -2.26. The van der Waals surface area contributed by atoms with Gasteiger partial charge in [0.1, 0.15) is 0 Å². The van der Waals surface area contributed by atoms with Gasteiger partial charge in [0.2, 0.25) is 0 Å². The van der Waals surface area contributed by atoms with Crippen molar-refractivity contribution in [3.8, 4) is 0 Å². The summed E-state index contributed by atoms with van der Waals surface area (Å²) in [4.78, 5) is 5.80. The fraction of sp³-hybridized carbons (Fsp3) is 0.750. The summed E-state index contributed by atoms with van der Waals surface area (Å²) in [5, 5.41) is 4.73. The van der Waals surface area contributed by atoms with Crippen LogP contribution in [-0.2, 0) is 11.3 Å². The predicted molar refractivity (Wildman–Crippen MR) is 66.9 cm³/mol. The molecule has 1 atom stereocenters. The van der Waals surface area contributed by atoms with Crippen molar-refractivity contribution in [3.63, 3.8) is 0 Å². The first-order valence-corrected chi connectivity index (χ1v) is 6.88. The van der Waals surface area contributed by atoms with E-state index in [-0.39, 0.29) is 0 Å². The molecule has 2 rings (SSSR count). The van der Waals surface area contributed by atoms with Gasteiger partial charge in [-0.05, 0) is 26.7 Å². The molecule has 3 nitrogen and oxygen atoms in total. The summed E-state index contributed by atoms with van der Waals surface area (Å²) in [6, 6.07) is 0. The Morgan fingerprint density at radius 1 is 1.62 bits per heavy atom. The van der Waals surface area contributed by atoms with Crippen LogP contribution in [0.25, 0.3) is 0 Å². The van der Waals surface area contributed by atoms with E-state index in [9.17, 15) is 0 Å². The Bertz CT molecular complexity index is 323. The van der Waals surface area contributed by atoms with Gasteiger partial charge >= 0.3 is 0 Å². The average molecular weight is 240 g/mol. The van der Waals surface area contributed by atoms with Crippen LogP contribution in [0.4, 0.5) is 0 Å². The lowest BCUT2D eigenvalue weighted by Gasteiger charge is -2.11. The Morgan fingerprint density at radius 2 is 2.44 bits per heavy atom. The van der Waals surface area contributed by atoms with Gasteiger partial charge in [-0.25, -0.2) is 4.98 Å². The van der Waals surface area contributed by atoms with Gasteiger partial charge in [-0.3, -0.25) is 0 Å².